The first kappa shape index (κ1) is 18.9. The molecule has 10 heteroatoms. The van der Waals surface area contributed by atoms with Crippen LogP contribution in [0.3, 0.4) is 0 Å². The zero-order chi connectivity index (χ0) is 18.9. The van der Waals surface area contributed by atoms with Crippen LogP contribution in [0.15, 0.2) is 40.3 Å². The first-order chi connectivity index (χ1) is 12.3. The summed E-state index contributed by atoms with van der Waals surface area (Å²) in [5, 5.41) is 4.05. The Hall–Kier alpha value is -1.91. The molecule has 1 aromatic carbocycles. The lowest BCUT2D eigenvalue weighted by Gasteiger charge is -2.15. The summed E-state index contributed by atoms with van der Waals surface area (Å²) < 4.78 is 55.6. The zero-order valence-corrected chi connectivity index (χ0v) is 16.3. The second-order valence-electron chi connectivity index (χ2n) is 6.15. The monoisotopic (exact) mass is 398 g/mol. The third-order valence-electron chi connectivity index (χ3n) is 4.46. The molecule has 0 saturated carbocycles. The quantitative estimate of drug-likeness (QED) is 0.799. The van der Waals surface area contributed by atoms with Crippen LogP contribution in [0.4, 0.5) is 5.69 Å². The van der Waals surface area contributed by atoms with Crippen LogP contribution in [0.25, 0.3) is 0 Å². The second kappa shape index (κ2) is 7.01. The van der Waals surface area contributed by atoms with E-state index in [4.69, 9.17) is 0 Å². The van der Waals surface area contributed by atoms with Gasteiger partial charge < -0.3 is 0 Å². The number of aromatic nitrogens is 2. The molecule has 26 heavy (non-hydrogen) atoms. The molecular formula is C16H22N4O4S2. The topological polar surface area (TPSA) is 101 Å². The van der Waals surface area contributed by atoms with E-state index in [9.17, 15) is 16.8 Å². The van der Waals surface area contributed by atoms with Crippen molar-refractivity contribution in [3.05, 3.63) is 36.2 Å². The van der Waals surface area contributed by atoms with E-state index in [1.807, 2.05) is 6.92 Å². The highest BCUT2D eigenvalue weighted by Crippen LogP contribution is 2.24. The van der Waals surface area contributed by atoms with Crippen molar-refractivity contribution < 1.29 is 16.8 Å². The van der Waals surface area contributed by atoms with Crippen molar-refractivity contribution in [1.29, 1.82) is 0 Å². The van der Waals surface area contributed by atoms with Gasteiger partial charge in [0.25, 0.3) is 10.0 Å². The third kappa shape index (κ3) is 3.49. The second-order valence-corrected chi connectivity index (χ2v) is 9.74. The van der Waals surface area contributed by atoms with E-state index in [2.05, 4.69) is 9.82 Å². The van der Waals surface area contributed by atoms with Crippen molar-refractivity contribution >= 4 is 25.7 Å². The summed E-state index contributed by atoms with van der Waals surface area (Å²) in [6.45, 7) is 5.19. The van der Waals surface area contributed by atoms with Crippen molar-refractivity contribution in [1.82, 2.24) is 14.1 Å². The van der Waals surface area contributed by atoms with Gasteiger partial charge in [-0.1, -0.05) is 0 Å². The van der Waals surface area contributed by atoms with E-state index in [1.165, 1.54) is 34.8 Å². The molecule has 1 aliphatic rings. The average molecular weight is 399 g/mol. The summed E-state index contributed by atoms with van der Waals surface area (Å²) >= 11 is 0. The Morgan fingerprint density at radius 1 is 1.08 bits per heavy atom. The first-order valence-corrected chi connectivity index (χ1v) is 11.3. The maximum absolute atomic E-state index is 12.6. The van der Waals surface area contributed by atoms with E-state index >= 15 is 0 Å². The van der Waals surface area contributed by atoms with Gasteiger partial charge in [-0.05, 0) is 51.0 Å². The number of hydrogen-bond acceptors (Lipinski definition) is 5. The van der Waals surface area contributed by atoms with E-state index in [0.29, 0.717) is 31.0 Å². The van der Waals surface area contributed by atoms with E-state index in [-0.39, 0.29) is 9.79 Å². The third-order valence-corrected chi connectivity index (χ3v) is 7.85. The smallest absolute Gasteiger partial charge is 0.265 e. The maximum Gasteiger partial charge on any atom is 0.265 e. The Morgan fingerprint density at radius 2 is 1.69 bits per heavy atom. The molecule has 3 rings (SSSR count). The Kier molecular flexibility index (Phi) is 5.09. The number of hydrogen-bond donors (Lipinski definition) is 1. The minimum atomic E-state index is -3.79. The maximum atomic E-state index is 12.6. The van der Waals surface area contributed by atoms with E-state index in [1.54, 1.807) is 11.6 Å². The number of rotatable bonds is 6. The van der Waals surface area contributed by atoms with Crippen molar-refractivity contribution in [3.63, 3.8) is 0 Å². The van der Waals surface area contributed by atoms with Crippen molar-refractivity contribution in [3.8, 4) is 0 Å². The molecule has 2 heterocycles. The Morgan fingerprint density at radius 3 is 2.23 bits per heavy atom. The molecule has 0 unspecified atom stereocenters. The Bertz CT molecular complexity index is 989. The van der Waals surface area contributed by atoms with Gasteiger partial charge in [-0.3, -0.25) is 9.40 Å². The molecule has 0 aliphatic carbocycles. The molecule has 1 aromatic heterocycles. The van der Waals surface area contributed by atoms with Crippen LogP contribution in [-0.4, -0.2) is 44.0 Å². The molecule has 142 valence electrons. The SMILES string of the molecule is CCn1ncc(S(=O)(=O)Nc2ccc(S(=O)(=O)N3CCCC3)cc2)c1C. The van der Waals surface area contributed by atoms with Gasteiger partial charge in [0.15, 0.2) is 0 Å². The highest BCUT2D eigenvalue weighted by atomic mass is 32.2. The van der Waals surface area contributed by atoms with Crippen LogP contribution in [0.2, 0.25) is 0 Å². The normalized spacial score (nSPS) is 16.1. The lowest BCUT2D eigenvalue weighted by Crippen LogP contribution is -2.27. The molecule has 0 amide bonds. The van der Waals surface area contributed by atoms with Gasteiger partial charge in [-0.15, -0.1) is 0 Å². The summed E-state index contributed by atoms with van der Waals surface area (Å²) in [6.07, 6.45) is 3.04. The van der Waals surface area contributed by atoms with Gasteiger partial charge in [0.05, 0.1) is 16.8 Å². The van der Waals surface area contributed by atoms with Gasteiger partial charge >= 0.3 is 0 Å². The fraction of sp³-hybridized carbons (Fsp3) is 0.438. The molecule has 0 radical (unpaired) electrons. The van der Waals surface area contributed by atoms with Crippen LogP contribution >= 0.6 is 0 Å². The van der Waals surface area contributed by atoms with Gasteiger partial charge in [-0.2, -0.15) is 9.40 Å². The molecule has 0 spiro atoms. The van der Waals surface area contributed by atoms with Crippen LogP contribution in [0.5, 0.6) is 0 Å². The number of aryl methyl sites for hydroxylation is 1. The highest BCUT2D eigenvalue weighted by molar-refractivity contribution is 7.92. The van der Waals surface area contributed by atoms with Crippen molar-refractivity contribution in [2.45, 2.75) is 43.0 Å². The molecule has 1 aliphatic heterocycles. The lowest BCUT2D eigenvalue weighted by molar-refractivity contribution is 0.477. The molecule has 1 fully saturated rings. The minimum absolute atomic E-state index is 0.105. The van der Waals surface area contributed by atoms with E-state index < -0.39 is 20.0 Å². The Balaban J connectivity index is 1.81. The van der Waals surface area contributed by atoms with Gasteiger partial charge in [0.2, 0.25) is 10.0 Å². The van der Waals surface area contributed by atoms with Crippen LogP contribution < -0.4 is 4.72 Å². The largest absolute Gasteiger partial charge is 0.280 e. The molecular weight excluding hydrogens is 376 g/mol. The summed E-state index contributed by atoms with van der Waals surface area (Å²) in [7, 11) is -7.31. The van der Waals surface area contributed by atoms with E-state index in [0.717, 1.165) is 12.8 Å². The molecule has 8 nitrogen and oxygen atoms in total. The van der Waals surface area contributed by atoms with Crippen LogP contribution in [0, 0.1) is 6.92 Å². The predicted molar refractivity (Wildman–Crippen MR) is 97.9 cm³/mol. The fourth-order valence-corrected chi connectivity index (χ4v) is 5.75. The number of anilines is 1. The minimum Gasteiger partial charge on any atom is -0.280 e. The number of nitrogens with one attached hydrogen (secondary N) is 1. The summed E-state index contributed by atoms with van der Waals surface area (Å²) in [5.41, 5.74) is 0.849. The molecule has 1 N–H and O–H groups in total. The zero-order valence-electron chi connectivity index (χ0n) is 14.7. The van der Waals surface area contributed by atoms with Crippen LogP contribution in [0.1, 0.15) is 25.5 Å². The highest BCUT2D eigenvalue weighted by Gasteiger charge is 2.27. The fourth-order valence-electron chi connectivity index (χ4n) is 2.99. The lowest BCUT2D eigenvalue weighted by atomic mass is 10.3. The number of benzene rings is 1. The van der Waals surface area contributed by atoms with Crippen molar-refractivity contribution in [2.75, 3.05) is 17.8 Å². The van der Waals surface area contributed by atoms with Crippen molar-refractivity contribution in [2.24, 2.45) is 0 Å². The summed E-state index contributed by atoms with van der Waals surface area (Å²) in [5.74, 6) is 0. The number of nitrogens with zero attached hydrogens (tertiary/aromatic N) is 3. The van der Waals surface area contributed by atoms with Gasteiger partial charge in [0.1, 0.15) is 4.90 Å². The van der Waals surface area contributed by atoms with Gasteiger partial charge in [-0.25, -0.2) is 16.8 Å². The number of sulfonamides is 2. The Labute approximate surface area is 153 Å². The summed E-state index contributed by atoms with van der Waals surface area (Å²) in [6, 6.07) is 5.77. The standard InChI is InChI=1S/C16H22N4O4S2/c1-3-20-13(2)16(12-17-20)25(21,22)18-14-6-8-15(9-7-14)26(23,24)19-10-4-5-11-19/h6-9,12,18H,3-5,10-11H2,1-2H3. The molecule has 2 aromatic rings. The van der Waals surface area contributed by atoms with Gasteiger partial charge in [0, 0.05) is 25.3 Å². The predicted octanol–water partition coefficient (Wildman–Crippen LogP) is 1.80. The molecule has 0 bridgehead atoms. The first-order valence-electron chi connectivity index (χ1n) is 8.41. The average Bonchev–Trinajstić information content (AvgIpc) is 3.25. The summed E-state index contributed by atoms with van der Waals surface area (Å²) in [4.78, 5) is 0.269. The van der Waals surface area contributed by atoms with Crippen LogP contribution in [-0.2, 0) is 26.6 Å². The molecule has 1 saturated heterocycles. The molecule has 0 atom stereocenters.